The number of fused-ring (bicyclic) bond motifs is 1. The summed E-state index contributed by atoms with van der Waals surface area (Å²) in [7, 11) is 1.66. The first-order valence-electron chi connectivity index (χ1n) is 9.30. The number of alkyl halides is 2. The van der Waals surface area contributed by atoms with Crippen LogP contribution < -0.4 is 4.74 Å². The SMILES string of the molecule is CN(Cc1ccc(OC(F)F)cc1)C(=O)CSc1nnc(-c2c[nH]c3ccccc23)o1. The Bertz CT molecular complexity index is 1180. The van der Waals surface area contributed by atoms with Gasteiger partial charge in [-0.3, -0.25) is 4.79 Å². The van der Waals surface area contributed by atoms with Gasteiger partial charge in [-0.15, -0.1) is 10.2 Å². The third-order valence-electron chi connectivity index (χ3n) is 4.54. The van der Waals surface area contributed by atoms with E-state index in [0.29, 0.717) is 17.7 Å². The lowest BCUT2D eigenvalue weighted by atomic mass is 10.2. The number of H-pyrrole nitrogens is 1. The first-order valence-corrected chi connectivity index (χ1v) is 10.3. The van der Waals surface area contributed by atoms with E-state index in [1.807, 2.05) is 30.5 Å². The van der Waals surface area contributed by atoms with Crippen molar-refractivity contribution in [2.45, 2.75) is 18.4 Å². The molecule has 0 fully saturated rings. The van der Waals surface area contributed by atoms with Gasteiger partial charge in [0.25, 0.3) is 11.1 Å². The lowest BCUT2D eigenvalue weighted by molar-refractivity contribution is -0.127. The Labute approximate surface area is 180 Å². The molecule has 2 aromatic heterocycles. The van der Waals surface area contributed by atoms with Crippen LogP contribution in [0.2, 0.25) is 0 Å². The zero-order chi connectivity index (χ0) is 21.8. The van der Waals surface area contributed by atoms with Gasteiger partial charge >= 0.3 is 6.61 Å². The van der Waals surface area contributed by atoms with Gasteiger partial charge in [-0.05, 0) is 23.8 Å². The van der Waals surface area contributed by atoms with E-state index in [-0.39, 0.29) is 17.4 Å². The Morgan fingerprint density at radius 1 is 1.19 bits per heavy atom. The number of carbonyl (C=O) groups is 1. The fourth-order valence-electron chi connectivity index (χ4n) is 3.00. The molecule has 0 spiro atoms. The van der Waals surface area contributed by atoms with Crippen LogP contribution in [0.15, 0.2) is 64.4 Å². The monoisotopic (exact) mass is 444 g/mol. The standard InChI is InChI=1S/C21H18F2N4O3S/c1-27(11-13-6-8-14(9-7-13)29-20(22)23)18(28)12-31-21-26-25-19(30-21)16-10-24-17-5-3-2-4-15(16)17/h2-10,20,24H,11-12H2,1H3. The number of hydrogen-bond donors (Lipinski definition) is 1. The van der Waals surface area contributed by atoms with Gasteiger partial charge in [0.2, 0.25) is 5.91 Å². The summed E-state index contributed by atoms with van der Waals surface area (Å²) in [5.41, 5.74) is 2.56. The number of hydrogen-bond acceptors (Lipinski definition) is 6. The predicted molar refractivity (Wildman–Crippen MR) is 112 cm³/mol. The number of aromatic amines is 1. The van der Waals surface area contributed by atoms with Crippen molar-refractivity contribution >= 4 is 28.6 Å². The normalized spacial score (nSPS) is 11.2. The van der Waals surface area contributed by atoms with Crippen LogP contribution in [-0.2, 0) is 11.3 Å². The molecule has 31 heavy (non-hydrogen) atoms. The maximum Gasteiger partial charge on any atom is 0.387 e. The second-order valence-corrected chi connectivity index (χ2v) is 7.61. The Hall–Kier alpha value is -3.40. The van der Waals surface area contributed by atoms with Gasteiger partial charge in [0, 0.05) is 30.7 Å². The Balaban J connectivity index is 1.32. The molecule has 0 atom stereocenters. The molecule has 0 saturated heterocycles. The minimum Gasteiger partial charge on any atom is -0.435 e. The number of thioether (sulfide) groups is 1. The van der Waals surface area contributed by atoms with Gasteiger partial charge in [-0.2, -0.15) is 8.78 Å². The number of amides is 1. The quantitative estimate of drug-likeness (QED) is 0.401. The van der Waals surface area contributed by atoms with Crippen LogP contribution in [0.1, 0.15) is 5.56 Å². The van der Waals surface area contributed by atoms with Crippen molar-refractivity contribution in [3.63, 3.8) is 0 Å². The lowest BCUT2D eigenvalue weighted by Gasteiger charge is -2.17. The van der Waals surface area contributed by atoms with Crippen LogP contribution in [0, 0.1) is 0 Å². The van der Waals surface area contributed by atoms with Crippen LogP contribution in [0.4, 0.5) is 8.78 Å². The molecule has 0 aliphatic carbocycles. The number of nitrogens with one attached hydrogen (secondary N) is 1. The Kier molecular flexibility index (Phi) is 6.17. The first kappa shape index (κ1) is 20.9. The molecule has 1 N–H and O–H groups in total. The van der Waals surface area contributed by atoms with Crippen molar-refractivity contribution in [3.05, 3.63) is 60.3 Å². The molecule has 4 aromatic rings. The van der Waals surface area contributed by atoms with Gasteiger partial charge in [-0.1, -0.05) is 42.1 Å². The Morgan fingerprint density at radius 2 is 1.97 bits per heavy atom. The zero-order valence-electron chi connectivity index (χ0n) is 16.4. The maximum absolute atomic E-state index is 12.4. The number of benzene rings is 2. The van der Waals surface area contributed by atoms with Gasteiger partial charge in [0.1, 0.15) is 5.75 Å². The van der Waals surface area contributed by atoms with Crippen molar-refractivity contribution in [1.29, 1.82) is 0 Å². The smallest absolute Gasteiger partial charge is 0.387 e. The molecule has 0 aliphatic rings. The van der Waals surface area contributed by atoms with Crippen molar-refractivity contribution in [3.8, 4) is 17.2 Å². The average Bonchev–Trinajstić information content (AvgIpc) is 3.39. The molecule has 160 valence electrons. The molecule has 0 saturated carbocycles. The van der Waals surface area contributed by atoms with E-state index in [1.54, 1.807) is 19.2 Å². The summed E-state index contributed by atoms with van der Waals surface area (Å²) in [6.07, 6.45) is 1.81. The maximum atomic E-state index is 12.4. The van der Waals surface area contributed by atoms with Gasteiger partial charge in [0.05, 0.1) is 11.3 Å². The fraction of sp³-hybridized carbons (Fsp3) is 0.190. The second kappa shape index (κ2) is 9.17. The largest absolute Gasteiger partial charge is 0.435 e. The molecule has 0 radical (unpaired) electrons. The van der Waals surface area contributed by atoms with E-state index in [0.717, 1.165) is 33.8 Å². The van der Waals surface area contributed by atoms with Crippen molar-refractivity contribution < 1.29 is 22.7 Å². The zero-order valence-corrected chi connectivity index (χ0v) is 17.2. The highest BCUT2D eigenvalue weighted by molar-refractivity contribution is 7.99. The highest BCUT2D eigenvalue weighted by Crippen LogP contribution is 2.29. The summed E-state index contributed by atoms with van der Waals surface area (Å²) >= 11 is 1.16. The van der Waals surface area contributed by atoms with Crippen molar-refractivity contribution in [1.82, 2.24) is 20.1 Å². The fourth-order valence-corrected chi connectivity index (χ4v) is 3.70. The van der Waals surface area contributed by atoms with Gasteiger partial charge in [-0.25, -0.2) is 0 Å². The highest BCUT2D eigenvalue weighted by Gasteiger charge is 2.16. The summed E-state index contributed by atoms with van der Waals surface area (Å²) in [5, 5.41) is 9.37. The predicted octanol–water partition coefficient (Wildman–Crippen LogP) is 4.57. The molecular weight excluding hydrogens is 426 g/mol. The summed E-state index contributed by atoms with van der Waals surface area (Å²) in [5.74, 6) is 0.445. The minimum atomic E-state index is -2.87. The van der Waals surface area contributed by atoms with Crippen LogP contribution in [0.25, 0.3) is 22.4 Å². The number of halogens is 2. The summed E-state index contributed by atoms with van der Waals surface area (Å²) in [6, 6.07) is 13.9. The third-order valence-corrected chi connectivity index (χ3v) is 5.34. The van der Waals surface area contributed by atoms with Gasteiger partial charge < -0.3 is 19.0 Å². The molecule has 1 amide bonds. The first-order chi connectivity index (χ1) is 15.0. The average molecular weight is 444 g/mol. The lowest BCUT2D eigenvalue weighted by Crippen LogP contribution is -2.27. The van der Waals surface area contributed by atoms with Crippen LogP contribution in [0.3, 0.4) is 0 Å². The minimum absolute atomic E-state index is 0.0747. The molecule has 10 heteroatoms. The number of carbonyl (C=O) groups excluding carboxylic acids is 1. The van der Waals surface area contributed by atoms with Crippen LogP contribution in [0.5, 0.6) is 5.75 Å². The Morgan fingerprint density at radius 3 is 2.74 bits per heavy atom. The molecule has 2 heterocycles. The van der Waals surface area contributed by atoms with E-state index in [4.69, 9.17) is 4.42 Å². The number of rotatable bonds is 8. The second-order valence-electron chi connectivity index (χ2n) is 6.68. The third kappa shape index (κ3) is 5.02. The molecule has 4 rings (SSSR count). The van der Waals surface area contributed by atoms with Crippen molar-refractivity contribution in [2.75, 3.05) is 12.8 Å². The van der Waals surface area contributed by atoms with Crippen molar-refractivity contribution in [2.24, 2.45) is 0 Å². The number of para-hydroxylation sites is 1. The number of nitrogens with zero attached hydrogens (tertiary/aromatic N) is 3. The van der Waals surface area contributed by atoms with E-state index < -0.39 is 6.61 Å². The summed E-state index contributed by atoms with van der Waals surface area (Å²) in [6.45, 7) is -2.54. The molecule has 2 aromatic carbocycles. The number of ether oxygens (including phenoxy) is 1. The topological polar surface area (TPSA) is 84.2 Å². The summed E-state index contributed by atoms with van der Waals surface area (Å²) < 4.78 is 34.5. The van der Waals surface area contributed by atoms with E-state index >= 15 is 0 Å². The van der Waals surface area contributed by atoms with E-state index in [1.165, 1.54) is 17.0 Å². The molecule has 0 unspecified atom stereocenters. The molecule has 7 nitrogen and oxygen atoms in total. The van der Waals surface area contributed by atoms with Gasteiger partial charge in [0.15, 0.2) is 0 Å². The molecular formula is C21H18F2N4O3S. The molecule has 0 bridgehead atoms. The van der Waals surface area contributed by atoms with E-state index in [2.05, 4.69) is 19.9 Å². The van der Waals surface area contributed by atoms with Crippen LogP contribution >= 0.6 is 11.8 Å². The highest BCUT2D eigenvalue weighted by atomic mass is 32.2. The number of aromatic nitrogens is 3. The summed E-state index contributed by atoms with van der Waals surface area (Å²) in [4.78, 5) is 17.1. The molecule has 0 aliphatic heterocycles. The van der Waals surface area contributed by atoms with E-state index in [9.17, 15) is 13.6 Å². The van der Waals surface area contributed by atoms with Crippen LogP contribution in [-0.4, -0.2) is 45.4 Å².